The molecule has 0 bridgehead atoms. The fourth-order valence-corrected chi connectivity index (χ4v) is 1.70. The first kappa shape index (κ1) is 20.7. The first-order valence-corrected chi connectivity index (χ1v) is 6.71. The third kappa shape index (κ3) is 7.13. The van der Waals surface area contributed by atoms with Crippen LogP contribution in [-0.2, 0) is 11.2 Å². The normalized spacial score (nSPS) is 13.2. The van der Waals surface area contributed by atoms with Crippen LogP contribution in [0.15, 0.2) is 24.3 Å². The molecule has 0 saturated heterocycles. The van der Waals surface area contributed by atoms with E-state index in [2.05, 4.69) is 5.32 Å². The fraction of sp³-hybridized carbons (Fsp3) is 0.533. The van der Waals surface area contributed by atoms with Gasteiger partial charge < -0.3 is 11.1 Å². The zero-order valence-electron chi connectivity index (χ0n) is 12.8. The van der Waals surface area contributed by atoms with Gasteiger partial charge in [0, 0.05) is 12.1 Å². The third-order valence-electron chi connectivity index (χ3n) is 3.11. The van der Waals surface area contributed by atoms with Gasteiger partial charge in [0.1, 0.15) is 0 Å². The number of halogens is 4. The number of carbonyl (C=O) groups excluding carboxylic acids is 1. The summed E-state index contributed by atoms with van der Waals surface area (Å²) in [5.41, 5.74) is 6.42. The second-order valence-electron chi connectivity index (χ2n) is 6.15. The monoisotopic (exact) mass is 338 g/mol. The number of anilines is 1. The second kappa shape index (κ2) is 7.83. The molecule has 0 saturated carbocycles. The zero-order valence-corrected chi connectivity index (χ0v) is 13.6. The van der Waals surface area contributed by atoms with Gasteiger partial charge in [0.25, 0.3) is 0 Å². The van der Waals surface area contributed by atoms with Crippen molar-refractivity contribution in [2.24, 2.45) is 11.1 Å². The third-order valence-corrected chi connectivity index (χ3v) is 3.11. The molecule has 7 heteroatoms. The lowest BCUT2D eigenvalue weighted by atomic mass is 9.87. The minimum Gasteiger partial charge on any atom is -0.325 e. The van der Waals surface area contributed by atoms with Crippen molar-refractivity contribution in [3.8, 4) is 0 Å². The summed E-state index contributed by atoms with van der Waals surface area (Å²) in [4.78, 5) is 12.0. The van der Waals surface area contributed by atoms with Crippen molar-refractivity contribution >= 4 is 24.0 Å². The number of aryl methyl sites for hydroxylation is 1. The van der Waals surface area contributed by atoms with Crippen LogP contribution in [0, 0.1) is 5.41 Å². The summed E-state index contributed by atoms with van der Waals surface area (Å²) in [5, 5.41) is 2.64. The summed E-state index contributed by atoms with van der Waals surface area (Å²) in [6, 6.07) is 5.69. The van der Waals surface area contributed by atoms with Crippen LogP contribution in [0.1, 0.15) is 32.8 Å². The highest BCUT2D eigenvalue weighted by Crippen LogP contribution is 2.23. The van der Waals surface area contributed by atoms with Crippen molar-refractivity contribution in [2.45, 2.75) is 45.8 Å². The Morgan fingerprint density at radius 2 is 1.86 bits per heavy atom. The lowest BCUT2D eigenvalue weighted by molar-refractivity contribution is -0.134. The number of rotatable bonds is 4. The molecule has 126 valence electrons. The summed E-state index contributed by atoms with van der Waals surface area (Å²) >= 11 is 0. The van der Waals surface area contributed by atoms with Gasteiger partial charge in [-0.25, -0.2) is 0 Å². The maximum absolute atomic E-state index is 12.2. The molecule has 1 aromatic rings. The highest BCUT2D eigenvalue weighted by Gasteiger charge is 2.28. The number of amides is 1. The SMILES string of the molecule is CC(C)(C)[C@H](N)C(=O)Nc1cccc(CCC(F)(F)F)c1.Cl. The molecule has 0 aliphatic heterocycles. The molecule has 3 nitrogen and oxygen atoms in total. The molecule has 0 unspecified atom stereocenters. The summed E-state index contributed by atoms with van der Waals surface area (Å²) in [7, 11) is 0. The molecule has 1 rings (SSSR count). The van der Waals surface area contributed by atoms with Gasteiger partial charge in [-0.3, -0.25) is 4.79 Å². The summed E-state index contributed by atoms with van der Waals surface area (Å²) in [6.07, 6.45) is -5.18. The molecule has 0 spiro atoms. The molecule has 3 N–H and O–H groups in total. The molecular weight excluding hydrogens is 317 g/mol. The Morgan fingerprint density at radius 3 is 2.36 bits per heavy atom. The van der Waals surface area contributed by atoms with Gasteiger partial charge in [-0.05, 0) is 29.5 Å². The summed E-state index contributed by atoms with van der Waals surface area (Å²) in [5.74, 6) is -0.351. The average Bonchev–Trinajstić information content (AvgIpc) is 2.34. The van der Waals surface area contributed by atoms with Crippen LogP contribution in [0.25, 0.3) is 0 Å². The number of nitrogens with two attached hydrogens (primary N) is 1. The number of alkyl halides is 3. The smallest absolute Gasteiger partial charge is 0.325 e. The van der Waals surface area contributed by atoms with Crippen LogP contribution < -0.4 is 11.1 Å². The highest BCUT2D eigenvalue weighted by molar-refractivity contribution is 5.95. The van der Waals surface area contributed by atoms with E-state index < -0.39 is 24.1 Å². The molecule has 0 radical (unpaired) electrons. The van der Waals surface area contributed by atoms with Gasteiger partial charge in [0.2, 0.25) is 5.91 Å². The largest absolute Gasteiger partial charge is 0.389 e. The molecule has 1 atom stereocenters. The molecule has 0 aromatic heterocycles. The van der Waals surface area contributed by atoms with E-state index >= 15 is 0 Å². The lowest BCUT2D eigenvalue weighted by Crippen LogP contribution is -2.45. The Bertz CT molecular complexity index is 498. The maximum Gasteiger partial charge on any atom is 0.389 e. The molecule has 0 heterocycles. The fourth-order valence-electron chi connectivity index (χ4n) is 1.70. The topological polar surface area (TPSA) is 55.1 Å². The number of hydrogen-bond acceptors (Lipinski definition) is 2. The predicted octanol–water partition coefficient (Wildman–Crippen LogP) is 3.92. The Labute approximate surface area is 134 Å². The molecule has 0 fully saturated rings. The second-order valence-corrected chi connectivity index (χ2v) is 6.15. The predicted molar refractivity (Wildman–Crippen MR) is 84.1 cm³/mol. The quantitative estimate of drug-likeness (QED) is 0.874. The van der Waals surface area contributed by atoms with Gasteiger partial charge in [0.05, 0.1) is 6.04 Å². The van der Waals surface area contributed by atoms with E-state index in [1.165, 1.54) is 0 Å². The van der Waals surface area contributed by atoms with Crippen LogP contribution in [-0.4, -0.2) is 18.1 Å². The Morgan fingerprint density at radius 1 is 1.27 bits per heavy atom. The number of carbonyl (C=O) groups is 1. The van der Waals surface area contributed by atoms with E-state index in [-0.39, 0.29) is 24.7 Å². The van der Waals surface area contributed by atoms with E-state index in [0.717, 1.165) is 0 Å². The van der Waals surface area contributed by atoms with Crippen molar-refractivity contribution in [1.82, 2.24) is 0 Å². The van der Waals surface area contributed by atoms with Crippen LogP contribution in [0.2, 0.25) is 0 Å². The van der Waals surface area contributed by atoms with Crippen LogP contribution in [0.5, 0.6) is 0 Å². The van der Waals surface area contributed by atoms with Crippen molar-refractivity contribution < 1.29 is 18.0 Å². The van der Waals surface area contributed by atoms with Gasteiger partial charge in [-0.1, -0.05) is 32.9 Å². The van der Waals surface area contributed by atoms with Crippen molar-refractivity contribution in [3.05, 3.63) is 29.8 Å². The molecule has 22 heavy (non-hydrogen) atoms. The molecule has 1 amide bonds. The molecule has 1 aromatic carbocycles. The van der Waals surface area contributed by atoms with E-state index in [1.807, 2.05) is 20.8 Å². The summed E-state index contributed by atoms with van der Waals surface area (Å²) in [6.45, 7) is 5.53. The van der Waals surface area contributed by atoms with Gasteiger partial charge in [0.15, 0.2) is 0 Å². The van der Waals surface area contributed by atoms with E-state index in [4.69, 9.17) is 5.73 Å². The highest BCUT2D eigenvalue weighted by atomic mass is 35.5. The number of nitrogens with one attached hydrogen (secondary N) is 1. The van der Waals surface area contributed by atoms with Crippen molar-refractivity contribution in [2.75, 3.05) is 5.32 Å². The standard InChI is InChI=1S/C15H21F3N2O.ClH/c1-14(2,3)12(19)13(21)20-11-6-4-5-10(9-11)7-8-15(16,17)18;/h4-6,9,12H,7-8,19H2,1-3H3,(H,20,21);1H/t12-;/m1./s1. The first-order chi connectivity index (χ1) is 9.49. The Hall–Kier alpha value is -1.27. The van der Waals surface area contributed by atoms with Crippen LogP contribution in [0.4, 0.5) is 18.9 Å². The zero-order chi connectivity index (χ0) is 16.3. The summed E-state index contributed by atoms with van der Waals surface area (Å²) < 4.78 is 36.6. The number of hydrogen-bond donors (Lipinski definition) is 2. The number of benzene rings is 1. The Kier molecular flexibility index (Phi) is 7.38. The minimum absolute atomic E-state index is 0. The minimum atomic E-state index is -4.19. The van der Waals surface area contributed by atoms with E-state index in [9.17, 15) is 18.0 Å². The average molecular weight is 339 g/mol. The Balaban J connectivity index is 0.00000441. The van der Waals surface area contributed by atoms with Crippen molar-refractivity contribution in [1.29, 1.82) is 0 Å². The lowest BCUT2D eigenvalue weighted by Gasteiger charge is -2.25. The molecular formula is C15H22ClF3N2O. The van der Waals surface area contributed by atoms with E-state index in [0.29, 0.717) is 11.3 Å². The van der Waals surface area contributed by atoms with Gasteiger partial charge >= 0.3 is 6.18 Å². The molecule has 0 aliphatic rings. The maximum atomic E-state index is 12.2. The first-order valence-electron chi connectivity index (χ1n) is 6.71. The van der Waals surface area contributed by atoms with Gasteiger partial charge in [-0.15, -0.1) is 12.4 Å². The van der Waals surface area contributed by atoms with Crippen molar-refractivity contribution in [3.63, 3.8) is 0 Å². The van der Waals surface area contributed by atoms with Crippen LogP contribution >= 0.6 is 12.4 Å². The van der Waals surface area contributed by atoms with Gasteiger partial charge in [-0.2, -0.15) is 13.2 Å². The van der Waals surface area contributed by atoms with E-state index in [1.54, 1.807) is 24.3 Å². The van der Waals surface area contributed by atoms with Crippen LogP contribution in [0.3, 0.4) is 0 Å². The molecule has 0 aliphatic carbocycles.